The second-order valence-corrected chi connectivity index (χ2v) is 6.31. The smallest absolute Gasteiger partial charge is 0.162 e. The summed E-state index contributed by atoms with van der Waals surface area (Å²) in [4.78, 5) is 12.2. The van der Waals surface area contributed by atoms with E-state index in [-0.39, 0.29) is 11.7 Å². The normalized spacial score (nSPS) is 20.3. The number of carbonyl (C=O) groups is 1. The molecule has 0 spiro atoms. The van der Waals surface area contributed by atoms with Crippen molar-refractivity contribution in [2.45, 2.75) is 45.6 Å². The van der Waals surface area contributed by atoms with Gasteiger partial charge >= 0.3 is 0 Å². The first-order valence-corrected chi connectivity index (χ1v) is 6.82. The third kappa shape index (κ3) is 3.16. The summed E-state index contributed by atoms with van der Waals surface area (Å²) in [6, 6.07) is 7.85. The van der Waals surface area contributed by atoms with E-state index in [1.54, 1.807) is 0 Å². The summed E-state index contributed by atoms with van der Waals surface area (Å²) in [5, 5.41) is 10.1. The average Bonchev–Trinajstić information content (AvgIpc) is 2.37. The number of hydrogen-bond donors (Lipinski definition) is 1. The van der Waals surface area contributed by atoms with E-state index >= 15 is 0 Å². The largest absolute Gasteiger partial charge is 0.493 e. The molecule has 2 unspecified atom stereocenters. The Morgan fingerprint density at radius 2 is 2.11 bits per heavy atom. The number of benzene rings is 1. The van der Waals surface area contributed by atoms with Gasteiger partial charge in [-0.1, -0.05) is 39.0 Å². The molecule has 0 radical (unpaired) electrons. The fraction of sp³-hybridized carbons (Fsp3) is 0.562. The van der Waals surface area contributed by atoms with Crippen LogP contribution in [0.1, 0.15) is 45.1 Å². The van der Waals surface area contributed by atoms with E-state index in [0.29, 0.717) is 13.0 Å². The van der Waals surface area contributed by atoms with Crippen molar-refractivity contribution in [1.82, 2.24) is 0 Å². The maximum absolute atomic E-state index is 12.2. The Bertz CT molecular complexity index is 459. The van der Waals surface area contributed by atoms with Crippen molar-refractivity contribution in [2.24, 2.45) is 5.41 Å². The minimum absolute atomic E-state index is 0.0748. The highest BCUT2D eigenvalue weighted by atomic mass is 16.5. The Kier molecular flexibility index (Phi) is 3.95. The van der Waals surface area contributed by atoms with Gasteiger partial charge in [0.05, 0.1) is 6.61 Å². The molecule has 2 atom stereocenters. The van der Waals surface area contributed by atoms with Gasteiger partial charge in [0.1, 0.15) is 11.9 Å². The molecule has 19 heavy (non-hydrogen) atoms. The minimum Gasteiger partial charge on any atom is -0.493 e. The number of hydrogen-bond acceptors (Lipinski definition) is 3. The molecule has 104 valence electrons. The molecule has 0 aliphatic carbocycles. The molecule has 1 aliphatic heterocycles. The molecule has 2 rings (SSSR count). The number of ketones is 1. The van der Waals surface area contributed by atoms with Gasteiger partial charge in [0, 0.05) is 6.42 Å². The molecule has 0 saturated heterocycles. The monoisotopic (exact) mass is 262 g/mol. The van der Waals surface area contributed by atoms with Crippen molar-refractivity contribution in [3.05, 3.63) is 29.8 Å². The van der Waals surface area contributed by atoms with Crippen LogP contribution in [0.2, 0.25) is 0 Å². The van der Waals surface area contributed by atoms with Gasteiger partial charge in [0.15, 0.2) is 5.78 Å². The minimum atomic E-state index is -0.900. The fourth-order valence-corrected chi connectivity index (χ4v) is 2.47. The van der Waals surface area contributed by atoms with E-state index in [9.17, 15) is 9.90 Å². The van der Waals surface area contributed by atoms with Gasteiger partial charge in [0.25, 0.3) is 0 Å². The summed E-state index contributed by atoms with van der Waals surface area (Å²) in [7, 11) is 0. The molecule has 0 amide bonds. The molecule has 1 aromatic rings. The molecular formula is C16H22O3. The van der Waals surface area contributed by atoms with Crippen LogP contribution < -0.4 is 4.74 Å². The van der Waals surface area contributed by atoms with Crippen LogP contribution in [0.3, 0.4) is 0 Å². The second-order valence-electron chi connectivity index (χ2n) is 6.31. The average molecular weight is 262 g/mol. The van der Waals surface area contributed by atoms with E-state index in [4.69, 9.17) is 4.74 Å². The molecule has 1 aromatic carbocycles. The van der Waals surface area contributed by atoms with Crippen molar-refractivity contribution in [1.29, 1.82) is 0 Å². The first-order valence-electron chi connectivity index (χ1n) is 6.82. The molecule has 3 nitrogen and oxygen atoms in total. The van der Waals surface area contributed by atoms with E-state index < -0.39 is 11.5 Å². The first-order chi connectivity index (χ1) is 8.89. The highest BCUT2D eigenvalue weighted by Gasteiger charge is 2.32. The third-order valence-corrected chi connectivity index (χ3v) is 3.66. The molecular weight excluding hydrogens is 240 g/mol. The first kappa shape index (κ1) is 14.1. The van der Waals surface area contributed by atoms with Crippen LogP contribution in [0.4, 0.5) is 0 Å². The quantitative estimate of drug-likeness (QED) is 0.911. The third-order valence-electron chi connectivity index (χ3n) is 3.66. The van der Waals surface area contributed by atoms with Crippen LogP contribution in [-0.4, -0.2) is 23.6 Å². The predicted octanol–water partition coefficient (Wildman–Crippen LogP) is 2.92. The molecule has 0 aromatic heterocycles. The topological polar surface area (TPSA) is 46.5 Å². The molecule has 0 bridgehead atoms. The number of para-hydroxylation sites is 1. The van der Waals surface area contributed by atoms with Crippen molar-refractivity contribution in [3.63, 3.8) is 0 Å². The Morgan fingerprint density at radius 1 is 1.42 bits per heavy atom. The van der Waals surface area contributed by atoms with E-state index in [1.165, 1.54) is 0 Å². The summed E-state index contributed by atoms with van der Waals surface area (Å²) in [6.07, 6.45) is 0.320. The van der Waals surface area contributed by atoms with Crippen molar-refractivity contribution < 1.29 is 14.6 Å². The predicted molar refractivity (Wildman–Crippen MR) is 74.4 cm³/mol. The van der Waals surface area contributed by atoms with Gasteiger partial charge in [-0.25, -0.2) is 0 Å². The number of rotatable bonds is 3. The highest BCUT2D eigenvalue weighted by Crippen LogP contribution is 2.36. The van der Waals surface area contributed by atoms with Crippen molar-refractivity contribution in [2.75, 3.05) is 6.61 Å². The Labute approximate surface area is 114 Å². The molecule has 1 heterocycles. The van der Waals surface area contributed by atoms with Crippen LogP contribution in [0.15, 0.2) is 24.3 Å². The number of fused-ring (bicyclic) bond motifs is 1. The molecule has 0 fully saturated rings. The van der Waals surface area contributed by atoms with Gasteiger partial charge < -0.3 is 9.84 Å². The Balaban J connectivity index is 2.11. The van der Waals surface area contributed by atoms with E-state index in [2.05, 4.69) is 0 Å². The van der Waals surface area contributed by atoms with Crippen LogP contribution in [0.25, 0.3) is 0 Å². The SMILES string of the molecule is CC(C)(C)C(O)C(=O)CC1CCOc2ccccc21. The zero-order valence-electron chi connectivity index (χ0n) is 11.8. The summed E-state index contributed by atoms with van der Waals surface area (Å²) >= 11 is 0. The van der Waals surface area contributed by atoms with E-state index in [1.807, 2.05) is 45.0 Å². The van der Waals surface area contributed by atoms with Gasteiger partial charge in [0.2, 0.25) is 0 Å². The number of aliphatic hydroxyl groups excluding tert-OH is 1. The van der Waals surface area contributed by atoms with Gasteiger partial charge in [-0.15, -0.1) is 0 Å². The maximum atomic E-state index is 12.2. The van der Waals surface area contributed by atoms with Crippen molar-refractivity contribution in [3.8, 4) is 5.75 Å². The summed E-state index contributed by atoms with van der Waals surface area (Å²) in [5.41, 5.74) is 0.685. The summed E-state index contributed by atoms with van der Waals surface area (Å²) in [6.45, 7) is 6.29. The Hall–Kier alpha value is -1.35. The number of carbonyl (C=O) groups excluding carboxylic acids is 1. The van der Waals surface area contributed by atoms with Gasteiger partial charge in [-0.05, 0) is 29.4 Å². The van der Waals surface area contributed by atoms with Crippen LogP contribution in [0.5, 0.6) is 5.75 Å². The lowest BCUT2D eigenvalue weighted by Crippen LogP contribution is -2.35. The number of ether oxygens (including phenoxy) is 1. The standard InChI is InChI=1S/C16H22O3/c1-16(2,3)15(18)13(17)10-11-8-9-19-14-7-5-4-6-12(11)14/h4-7,11,15,18H,8-10H2,1-3H3. The lowest BCUT2D eigenvalue weighted by atomic mass is 9.81. The number of Topliss-reactive ketones (excluding diaryl/α,β-unsaturated/α-hetero) is 1. The highest BCUT2D eigenvalue weighted by molar-refractivity contribution is 5.84. The lowest BCUT2D eigenvalue weighted by molar-refractivity contribution is -0.132. The van der Waals surface area contributed by atoms with Crippen LogP contribution in [0, 0.1) is 5.41 Å². The maximum Gasteiger partial charge on any atom is 0.162 e. The van der Waals surface area contributed by atoms with E-state index in [0.717, 1.165) is 17.7 Å². The molecule has 1 N–H and O–H groups in total. The van der Waals surface area contributed by atoms with Gasteiger partial charge in [-0.2, -0.15) is 0 Å². The van der Waals surface area contributed by atoms with Crippen LogP contribution >= 0.6 is 0 Å². The molecule has 0 saturated carbocycles. The van der Waals surface area contributed by atoms with Crippen molar-refractivity contribution >= 4 is 5.78 Å². The summed E-state index contributed by atoms with van der Waals surface area (Å²) < 4.78 is 5.59. The zero-order valence-corrected chi connectivity index (χ0v) is 11.8. The van der Waals surface area contributed by atoms with Gasteiger partial charge in [-0.3, -0.25) is 4.79 Å². The lowest BCUT2D eigenvalue weighted by Gasteiger charge is -2.29. The molecule has 1 aliphatic rings. The zero-order chi connectivity index (χ0) is 14.0. The number of aliphatic hydroxyl groups is 1. The van der Waals surface area contributed by atoms with Crippen LogP contribution in [-0.2, 0) is 4.79 Å². The molecule has 3 heteroatoms. The Morgan fingerprint density at radius 3 is 2.79 bits per heavy atom. The summed E-state index contributed by atoms with van der Waals surface area (Å²) in [5.74, 6) is 0.959. The second kappa shape index (κ2) is 5.33. The fourth-order valence-electron chi connectivity index (χ4n) is 2.47.